The lowest BCUT2D eigenvalue weighted by atomic mass is 9.77. The van der Waals surface area contributed by atoms with Gasteiger partial charge in [-0.3, -0.25) is 4.98 Å². The molecule has 0 saturated carbocycles. The molecule has 2 heteroatoms. The largest absolute Gasteiger partial charge is 0.313 e. The van der Waals surface area contributed by atoms with Crippen molar-refractivity contribution in [2.45, 2.75) is 31.7 Å². The molecule has 1 saturated heterocycles. The maximum atomic E-state index is 4.18. The lowest BCUT2D eigenvalue weighted by Crippen LogP contribution is -2.35. The Morgan fingerprint density at radius 3 is 3.00 bits per heavy atom. The van der Waals surface area contributed by atoms with E-state index in [0.29, 0.717) is 6.04 Å². The van der Waals surface area contributed by atoms with Crippen LogP contribution in [0, 0.1) is 0 Å². The molecule has 0 spiro atoms. The normalized spacial score (nSPS) is 33.5. The van der Waals surface area contributed by atoms with Crippen molar-refractivity contribution in [2.24, 2.45) is 0 Å². The number of nitrogens with zero attached hydrogens (tertiary/aromatic N) is 1. The first-order valence-corrected chi connectivity index (χ1v) is 4.87. The van der Waals surface area contributed by atoms with E-state index in [2.05, 4.69) is 30.2 Å². The maximum Gasteiger partial charge on any atom is 0.0306 e. The Bertz CT molecular complexity index is 283. The molecule has 1 aromatic rings. The van der Waals surface area contributed by atoms with Gasteiger partial charge in [-0.1, -0.05) is 13.0 Å². The molecule has 2 nitrogen and oxygen atoms in total. The van der Waals surface area contributed by atoms with E-state index in [1.807, 2.05) is 18.5 Å². The van der Waals surface area contributed by atoms with Crippen LogP contribution in [0.25, 0.3) is 0 Å². The van der Waals surface area contributed by atoms with E-state index in [1.54, 1.807) is 0 Å². The summed E-state index contributed by atoms with van der Waals surface area (Å²) >= 11 is 0. The van der Waals surface area contributed by atoms with Crippen LogP contribution < -0.4 is 5.32 Å². The van der Waals surface area contributed by atoms with Crippen molar-refractivity contribution in [1.29, 1.82) is 0 Å². The average molecular weight is 176 g/mol. The lowest BCUT2D eigenvalue weighted by Gasteiger charge is -2.28. The Morgan fingerprint density at radius 1 is 1.62 bits per heavy atom. The van der Waals surface area contributed by atoms with Crippen molar-refractivity contribution in [3.8, 4) is 0 Å². The Kier molecular flexibility index (Phi) is 2.08. The minimum absolute atomic E-state index is 0.272. The number of aromatic nitrogens is 1. The zero-order chi connectivity index (χ0) is 9.31. The number of hydrogen-bond donors (Lipinski definition) is 1. The first-order chi connectivity index (χ1) is 6.23. The molecule has 0 aromatic carbocycles. The third-order valence-electron chi connectivity index (χ3n) is 3.37. The average Bonchev–Trinajstić information content (AvgIpc) is 2.50. The Balaban J connectivity index is 2.34. The highest BCUT2D eigenvalue weighted by atomic mass is 15.0. The number of pyridine rings is 1. The van der Waals surface area contributed by atoms with Crippen LogP contribution in [0.1, 0.15) is 25.8 Å². The van der Waals surface area contributed by atoms with Gasteiger partial charge in [-0.25, -0.2) is 0 Å². The molecule has 2 unspecified atom stereocenters. The fourth-order valence-corrected chi connectivity index (χ4v) is 2.09. The van der Waals surface area contributed by atoms with Gasteiger partial charge < -0.3 is 5.32 Å². The van der Waals surface area contributed by atoms with Gasteiger partial charge in [-0.05, 0) is 31.5 Å². The van der Waals surface area contributed by atoms with Crippen LogP contribution in [0.4, 0.5) is 0 Å². The van der Waals surface area contributed by atoms with Gasteiger partial charge >= 0.3 is 0 Å². The van der Waals surface area contributed by atoms with Gasteiger partial charge in [0.2, 0.25) is 0 Å². The molecular weight excluding hydrogens is 160 g/mol. The quantitative estimate of drug-likeness (QED) is 0.704. The molecule has 1 fully saturated rings. The monoisotopic (exact) mass is 176 g/mol. The molecule has 0 aliphatic carbocycles. The van der Waals surface area contributed by atoms with Gasteiger partial charge in [-0.2, -0.15) is 0 Å². The summed E-state index contributed by atoms with van der Waals surface area (Å²) in [5.74, 6) is 0. The summed E-state index contributed by atoms with van der Waals surface area (Å²) in [5.41, 5.74) is 1.63. The van der Waals surface area contributed by atoms with E-state index in [1.165, 1.54) is 12.0 Å². The SMILES string of the molecule is CC1NCCC1(C)c1cccnc1. The second-order valence-corrected chi connectivity index (χ2v) is 4.08. The van der Waals surface area contributed by atoms with E-state index in [0.717, 1.165) is 6.54 Å². The number of hydrogen-bond acceptors (Lipinski definition) is 2. The molecule has 1 aliphatic heterocycles. The second-order valence-electron chi connectivity index (χ2n) is 4.08. The van der Waals surface area contributed by atoms with E-state index < -0.39 is 0 Å². The van der Waals surface area contributed by atoms with Gasteiger partial charge in [0.15, 0.2) is 0 Å². The van der Waals surface area contributed by atoms with E-state index in [-0.39, 0.29) is 5.41 Å². The fraction of sp³-hybridized carbons (Fsp3) is 0.545. The highest BCUT2D eigenvalue weighted by molar-refractivity contribution is 5.25. The molecule has 13 heavy (non-hydrogen) atoms. The molecule has 70 valence electrons. The predicted molar refractivity (Wildman–Crippen MR) is 53.7 cm³/mol. The van der Waals surface area contributed by atoms with Gasteiger partial charge in [0.1, 0.15) is 0 Å². The standard InChI is InChI=1S/C11H16N2/c1-9-11(2,5-7-13-9)10-4-3-6-12-8-10/h3-4,6,8-9,13H,5,7H2,1-2H3. The lowest BCUT2D eigenvalue weighted by molar-refractivity contribution is 0.426. The molecule has 1 aromatic heterocycles. The topological polar surface area (TPSA) is 24.9 Å². The maximum absolute atomic E-state index is 4.18. The predicted octanol–water partition coefficient (Wildman–Crippen LogP) is 1.72. The van der Waals surface area contributed by atoms with Gasteiger partial charge in [0.25, 0.3) is 0 Å². The van der Waals surface area contributed by atoms with Crippen molar-refractivity contribution in [3.63, 3.8) is 0 Å². The van der Waals surface area contributed by atoms with Crippen LogP contribution in [-0.2, 0) is 5.41 Å². The van der Waals surface area contributed by atoms with Crippen molar-refractivity contribution in [3.05, 3.63) is 30.1 Å². The summed E-state index contributed by atoms with van der Waals surface area (Å²) in [5, 5.41) is 3.48. The third kappa shape index (κ3) is 1.35. The number of nitrogens with one attached hydrogen (secondary N) is 1. The van der Waals surface area contributed by atoms with E-state index in [9.17, 15) is 0 Å². The van der Waals surface area contributed by atoms with Gasteiger partial charge in [-0.15, -0.1) is 0 Å². The summed E-state index contributed by atoms with van der Waals surface area (Å²) in [6, 6.07) is 4.75. The highest BCUT2D eigenvalue weighted by Gasteiger charge is 2.37. The smallest absolute Gasteiger partial charge is 0.0306 e. The van der Waals surface area contributed by atoms with Crippen molar-refractivity contribution in [2.75, 3.05) is 6.54 Å². The molecule has 0 radical (unpaired) electrons. The zero-order valence-corrected chi connectivity index (χ0v) is 8.25. The van der Waals surface area contributed by atoms with Crippen LogP contribution in [0.3, 0.4) is 0 Å². The minimum Gasteiger partial charge on any atom is -0.313 e. The third-order valence-corrected chi connectivity index (χ3v) is 3.37. The van der Waals surface area contributed by atoms with E-state index in [4.69, 9.17) is 0 Å². The number of rotatable bonds is 1. The van der Waals surface area contributed by atoms with E-state index >= 15 is 0 Å². The van der Waals surface area contributed by atoms with Gasteiger partial charge in [0.05, 0.1) is 0 Å². The van der Waals surface area contributed by atoms with Crippen LogP contribution in [0.15, 0.2) is 24.5 Å². The van der Waals surface area contributed by atoms with Crippen LogP contribution >= 0.6 is 0 Å². The van der Waals surface area contributed by atoms with Crippen LogP contribution in [-0.4, -0.2) is 17.6 Å². The van der Waals surface area contributed by atoms with Crippen molar-refractivity contribution >= 4 is 0 Å². The first kappa shape index (κ1) is 8.70. The van der Waals surface area contributed by atoms with Gasteiger partial charge in [0, 0.05) is 23.9 Å². The Hall–Kier alpha value is -0.890. The molecule has 1 aliphatic rings. The Labute approximate surface area is 79.4 Å². The molecule has 0 amide bonds. The molecular formula is C11H16N2. The summed E-state index contributed by atoms with van der Waals surface area (Å²) in [4.78, 5) is 4.18. The summed E-state index contributed by atoms with van der Waals surface area (Å²) < 4.78 is 0. The molecule has 2 heterocycles. The van der Waals surface area contributed by atoms with Crippen molar-refractivity contribution < 1.29 is 0 Å². The van der Waals surface area contributed by atoms with Crippen molar-refractivity contribution in [1.82, 2.24) is 10.3 Å². The fourth-order valence-electron chi connectivity index (χ4n) is 2.09. The van der Waals surface area contributed by atoms with Crippen LogP contribution in [0.2, 0.25) is 0 Å². The summed E-state index contributed by atoms with van der Waals surface area (Å²) in [6.45, 7) is 5.68. The zero-order valence-electron chi connectivity index (χ0n) is 8.25. The minimum atomic E-state index is 0.272. The Morgan fingerprint density at radius 2 is 2.46 bits per heavy atom. The molecule has 2 rings (SSSR count). The molecule has 0 bridgehead atoms. The summed E-state index contributed by atoms with van der Waals surface area (Å²) in [6.07, 6.45) is 5.03. The molecule has 1 N–H and O–H groups in total. The van der Waals surface area contributed by atoms with Crippen LogP contribution in [0.5, 0.6) is 0 Å². The highest BCUT2D eigenvalue weighted by Crippen LogP contribution is 2.34. The summed E-state index contributed by atoms with van der Waals surface area (Å²) in [7, 11) is 0. The second kappa shape index (κ2) is 3.11. The first-order valence-electron chi connectivity index (χ1n) is 4.87. The molecule has 2 atom stereocenters.